The standard InChI is InChI=1S/C17H13FN2O.ClH/c18-12-4-1-3-11(9-12)13-5-2-6-14-15(13)10-21-16(14)17-19-7-8-20-17;/h1-6,9-10H,7-8H2,(H,19,20);1H. The van der Waals surface area contributed by atoms with Crippen LogP contribution in [0.25, 0.3) is 21.9 Å². The van der Waals surface area contributed by atoms with Crippen LogP contribution in [-0.4, -0.2) is 18.9 Å². The van der Waals surface area contributed by atoms with Crippen LogP contribution in [0.3, 0.4) is 0 Å². The monoisotopic (exact) mass is 316 g/mol. The Labute approximate surface area is 133 Å². The third-order valence-electron chi connectivity index (χ3n) is 3.67. The van der Waals surface area contributed by atoms with Gasteiger partial charge in [0, 0.05) is 17.3 Å². The molecule has 1 aliphatic rings. The summed E-state index contributed by atoms with van der Waals surface area (Å²) in [5.41, 5.74) is 1.80. The highest BCUT2D eigenvalue weighted by Gasteiger charge is 2.17. The molecular formula is C17H14ClFN2O. The zero-order valence-electron chi connectivity index (χ0n) is 11.7. The van der Waals surface area contributed by atoms with Gasteiger partial charge in [-0.05, 0) is 23.3 Å². The number of rotatable bonds is 2. The number of halogens is 2. The van der Waals surface area contributed by atoms with E-state index in [-0.39, 0.29) is 18.2 Å². The minimum absolute atomic E-state index is 0. The summed E-state index contributed by atoms with van der Waals surface area (Å²) in [5.74, 6) is 1.30. The lowest BCUT2D eigenvalue weighted by molar-refractivity contribution is 0.560. The lowest BCUT2D eigenvalue weighted by atomic mass is 10.00. The minimum Gasteiger partial charge on any atom is -0.460 e. The second-order valence-electron chi connectivity index (χ2n) is 5.00. The fraction of sp³-hybridized carbons (Fsp3) is 0.118. The molecule has 0 bridgehead atoms. The van der Waals surface area contributed by atoms with E-state index in [1.165, 1.54) is 12.1 Å². The number of aliphatic imine (C=N–C) groups is 1. The molecule has 0 amide bonds. The zero-order chi connectivity index (χ0) is 14.2. The summed E-state index contributed by atoms with van der Waals surface area (Å²) < 4.78 is 19.2. The molecule has 0 fully saturated rings. The first-order valence-corrected chi connectivity index (χ1v) is 6.88. The van der Waals surface area contributed by atoms with Gasteiger partial charge in [-0.2, -0.15) is 0 Å². The summed E-state index contributed by atoms with van der Waals surface area (Å²) in [4.78, 5) is 4.40. The third-order valence-corrected chi connectivity index (χ3v) is 3.67. The molecule has 4 rings (SSSR count). The first-order chi connectivity index (χ1) is 10.3. The molecule has 0 saturated heterocycles. The molecule has 0 radical (unpaired) electrons. The van der Waals surface area contributed by atoms with Crippen molar-refractivity contribution in [3.8, 4) is 11.1 Å². The van der Waals surface area contributed by atoms with E-state index in [2.05, 4.69) is 10.3 Å². The zero-order valence-corrected chi connectivity index (χ0v) is 12.5. The number of nitrogens with one attached hydrogen (secondary N) is 1. The SMILES string of the molecule is Cl.Fc1cccc(-c2cccc3c(C4=NCCN4)occ23)c1. The van der Waals surface area contributed by atoms with E-state index in [1.54, 1.807) is 12.3 Å². The summed E-state index contributed by atoms with van der Waals surface area (Å²) in [6, 6.07) is 12.5. The van der Waals surface area contributed by atoms with Gasteiger partial charge in [-0.1, -0.05) is 30.3 Å². The van der Waals surface area contributed by atoms with Gasteiger partial charge in [0.05, 0.1) is 12.8 Å². The molecule has 2 heterocycles. The number of furan rings is 1. The van der Waals surface area contributed by atoms with Gasteiger partial charge >= 0.3 is 0 Å². The van der Waals surface area contributed by atoms with Gasteiger partial charge < -0.3 is 9.73 Å². The fourth-order valence-corrected chi connectivity index (χ4v) is 2.71. The lowest BCUT2D eigenvalue weighted by Crippen LogP contribution is -2.18. The van der Waals surface area contributed by atoms with E-state index in [0.29, 0.717) is 0 Å². The van der Waals surface area contributed by atoms with E-state index in [1.807, 2.05) is 24.3 Å². The van der Waals surface area contributed by atoms with Crippen LogP contribution in [0, 0.1) is 5.82 Å². The second-order valence-corrected chi connectivity index (χ2v) is 5.00. The van der Waals surface area contributed by atoms with E-state index >= 15 is 0 Å². The minimum atomic E-state index is -0.241. The predicted molar refractivity (Wildman–Crippen MR) is 88.3 cm³/mol. The number of hydrogen-bond donors (Lipinski definition) is 1. The molecule has 112 valence electrons. The molecule has 1 aliphatic heterocycles. The summed E-state index contributed by atoms with van der Waals surface area (Å²) in [7, 11) is 0. The predicted octanol–water partition coefficient (Wildman–Crippen LogP) is 4.01. The van der Waals surface area contributed by atoms with Crippen LogP contribution in [-0.2, 0) is 0 Å². The summed E-state index contributed by atoms with van der Waals surface area (Å²) in [5, 5.41) is 5.17. The Kier molecular flexibility index (Phi) is 3.86. The van der Waals surface area contributed by atoms with Crippen LogP contribution >= 0.6 is 12.4 Å². The fourth-order valence-electron chi connectivity index (χ4n) is 2.71. The molecule has 0 atom stereocenters. The Morgan fingerprint density at radius 3 is 2.73 bits per heavy atom. The van der Waals surface area contributed by atoms with Crippen molar-refractivity contribution in [1.29, 1.82) is 0 Å². The summed E-state index contributed by atoms with van der Waals surface area (Å²) >= 11 is 0. The highest BCUT2D eigenvalue weighted by molar-refractivity contribution is 6.11. The maximum atomic E-state index is 13.5. The molecule has 22 heavy (non-hydrogen) atoms. The number of fused-ring (bicyclic) bond motifs is 1. The molecule has 3 aromatic rings. The maximum Gasteiger partial charge on any atom is 0.176 e. The Hall–Kier alpha value is -2.33. The summed E-state index contributed by atoms with van der Waals surface area (Å²) in [6.07, 6.45) is 1.72. The first-order valence-electron chi connectivity index (χ1n) is 6.88. The molecule has 2 aromatic carbocycles. The van der Waals surface area contributed by atoms with E-state index < -0.39 is 0 Å². The molecule has 0 saturated carbocycles. The first kappa shape index (κ1) is 14.6. The van der Waals surface area contributed by atoms with Gasteiger partial charge in [0.15, 0.2) is 11.6 Å². The average Bonchev–Trinajstić information content (AvgIpc) is 3.15. The number of nitrogens with zero attached hydrogens (tertiary/aromatic N) is 1. The largest absolute Gasteiger partial charge is 0.460 e. The Morgan fingerprint density at radius 1 is 1.09 bits per heavy atom. The van der Waals surface area contributed by atoms with Gasteiger partial charge in [-0.25, -0.2) is 4.39 Å². The second kappa shape index (κ2) is 5.81. The maximum absolute atomic E-state index is 13.5. The Morgan fingerprint density at radius 2 is 1.95 bits per heavy atom. The number of hydrogen-bond acceptors (Lipinski definition) is 3. The van der Waals surface area contributed by atoms with Gasteiger partial charge in [0.1, 0.15) is 5.82 Å². The van der Waals surface area contributed by atoms with E-state index in [4.69, 9.17) is 4.42 Å². The van der Waals surface area contributed by atoms with Crippen molar-refractivity contribution in [3.63, 3.8) is 0 Å². The quantitative estimate of drug-likeness (QED) is 0.775. The highest BCUT2D eigenvalue weighted by atomic mass is 35.5. The molecular weight excluding hydrogens is 303 g/mol. The molecule has 1 aromatic heterocycles. The van der Waals surface area contributed by atoms with Crippen LogP contribution in [0.2, 0.25) is 0 Å². The van der Waals surface area contributed by atoms with Crippen molar-refractivity contribution in [2.75, 3.05) is 13.1 Å². The van der Waals surface area contributed by atoms with Gasteiger partial charge in [-0.15, -0.1) is 12.4 Å². The van der Waals surface area contributed by atoms with Crippen molar-refractivity contribution in [3.05, 3.63) is 60.3 Å². The lowest BCUT2D eigenvalue weighted by Gasteiger charge is -2.04. The van der Waals surface area contributed by atoms with E-state index in [0.717, 1.165) is 46.6 Å². The van der Waals surface area contributed by atoms with Crippen LogP contribution in [0.4, 0.5) is 4.39 Å². The molecule has 0 unspecified atom stereocenters. The van der Waals surface area contributed by atoms with Crippen molar-refractivity contribution < 1.29 is 8.81 Å². The average molecular weight is 317 g/mol. The van der Waals surface area contributed by atoms with Gasteiger partial charge in [0.25, 0.3) is 0 Å². The highest BCUT2D eigenvalue weighted by Crippen LogP contribution is 2.32. The summed E-state index contributed by atoms with van der Waals surface area (Å²) in [6.45, 7) is 1.60. The van der Waals surface area contributed by atoms with Crippen molar-refractivity contribution in [1.82, 2.24) is 5.32 Å². The Bertz CT molecular complexity index is 857. The topological polar surface area (TPSA) is 37.5 Å². The normalized spacial score (nSPS) is 13.6. The van der Waals surface area contributed by atoms with Crippen molar-refractivity contribution >= 4 is 29.0 Å². The molecule has 0 aliphatic carbocycles. The van der Waals surface area contributed by atoms with Crippen molar-refractivity contribution in [2.45, 2.75) is 0 Å². The van der Waals surface area contributed by atoms with Crippen molar-refractivity contribution in [2.24, 2.45) is 4.99 Å². The smallest absolute Gasteiger partial charge is 0.176 e. The van der Waals surface area contributed by atoms with Crippen LogP contribution < -0.4 is 5.32 Å². The van der Waals surface area contributed by atoms with Crippen LogP contribution in [0.15, 0.2) is 58.1 Å². The molecule has 0 spiro atoms. The molecule has 1 N–H and O–H groups in total. The van der Waals surface area contributed by atoms with Gasteiger partial charge in [-0.3, -0.25) is 4.99 Å². The third kappa shape index (κ3) is 2.35. The number of benzene rings is 2. The van der Waals surface area contributed by atoms with Gasteiger partial charge in [0.2, 0.25) is 0 Å². The van der Waals surface area contributed by atoms with E-state index in [9.17, 15) is 4.39 Å². The number of amidine groups is 1. The molecule has 5 heteroatoms. The van der Waals surface area contributed by atoms with Crippen LogP contribution in [0.1, 0.15) is 5.76 Å². The Balaban J connectivity index is 0.00000144. The molecule has 3 nitrogen and oxygen atoms in total. The van der Waals surface area contributed by atoms with Crippen LogP contribution in [0.5, 0.6) is 0 Å².